The number of hydrogen-bond acceptors (Lipinski definition) is 5. The topological polar surface area (TPSA) is 52.5 Å². The van der Waals surface area contributed by atoms with Gasteiger partial charge in [-0.3, -0.25) is 0 Å². The van der Waals surface area contributed by atoms with Gasteiger partial charge in [0, 0.05) is 25.7 Å². The molecule has 2 fully saturated rings. The fraction of sp³-hybridized carbons (Fsp3) is 0.565. The van der Waals surface area contributed by atoms with Crippen molar-refractivity contribution in [2.75, 3.05) is 36.0 Å². The minimum Gasteiger partial charge on any atom is -0.394 e. The Morgan fingerprint density at radius 3 is 2.50 bits per heavy atom. The molecule has 0 unspecified atom stereocenters. The third-order valence-corrected chi connectivity index (χ3v) is 6.42. The Morgan fingerprint density at radius 2 is 1.75 bits per heavy atom. The molecule has 2 aliphatic rings. The van der Waals surface area contributed by atoms with E-state index in [-0.39, 0.29) is 12.6 Å². The number of aromatic nitrogens is 2. The van der Waals surface area contributed by atoms with Crippen molar-refractivity contribution in [1.82, 2.24) is 9.97 Å². The van der Waals surface area contributed by atoms with E-state index in [2.05, 4.69) is 57.0 Å². The van der Waals surface area contributed by atoms with Crippen molar-refractivity contribution in [2.45, 2.75) is 51.5 Å². The molecule has 1 aromatic carbocycles. The lowest BCUT2D eigenvalue weighted by atomic mass is 9.90. The third-order valence-electron chi connectivity index (χ3n) is 6.42. The zero-order valence-corrected chi connectivity index (χ0v) is 16.9. The smallest absolute Gasteiger partial charge is 0.134 e. The van der Waals surface area contributed by atoms with Gasteiger partial charge in [-0.25, -0.2) is 9.97 Å². The summed E-state index contributed by atoms with van der Waals surface area (Å²) in [5, 5.41) is 9.60. The van der Waals surface area contributed by atoms with E-state index >= 15 is 0 Å². The largest absolute Gasteiger partial charge is 0.394 e. The summed E-state index contributed by atoms with van der Waals surface area (Å²) in [6, 6.07) is 11.3. The summed E-state index contributed by atoms with van der Waals surface area (Å²) in [6.45, 7) is 5.46. The van der Waals surface area contributed by atoms with Crippen LogP contribution in [-0.2, 0) is 6.42 Å². The number of aliphatic hydroxyl groups is 1. The number of rotatable bonds is 6. The van der Waals surface area contributed by atoms with Gasteiger partial charge in [0.2, 0.25) is 0 Å². The van der Waals surface area contributed by atoms with Gasteiger partial charge in [0.25, 0.3) is 0 Å². The summed E-state index contributed by atoms with van der Waals surface area (Å²) < 4.78 is 0. The van der Waals surface area contributed by atoms with Crippen molar-refractivity contribution in [2.24, 2.45) is 5.92 Å². The maximum atomic E-state index is 9.60. The van der Waals surface area contributed by atoms with Crippen LogP contribution in [0.1, 0.15) is 43.2 Å². The molecule has 3 heterocycles. The first kappa shape index (κ1) is 19.2. The Hall–Kier alpha value is -2.14. The first-order valence-corrected chi connectivity index (χ1v) is 10.7. The number of aliphatic hydroxyl groups excluding tert-OH is 1. The minimum absolute atomic E-state index is 0.200. The molecular weight excluding hydrogens is 348 g/mol. The first-order valence-electron chi connectivity index (χ1n) is 10.7. The maximum absolute atomic E-state index is 9.60. The maximum Gasteiger partial charge on any atom is 0.134 e. The van der Waals surface area contributed by atoms with E-state index in [4.69, 9.17) is 0 Å². The van der Waals surface area contributed by atoms with Crippen molar-refractivity contribution in [3.8, 4) is 0 Å². The normalized spacial score (nSPS) is 20.7. The van der Waals surface area contributed by atoms with Crippen molar-refractivity contribution in [1.29, 1.82) is 0 Å². The molecule has 0 saturated carbocycles. The number of anilines is 2. The van der Waals surface area contributed by atoms with Crippen LogP contribution in [0.5, 0.6) is 0 Å². The molecular formula is C23H32N4O. The number of aryl methyl sites for hydroxylation is 2. The van der Waals surface area contributed by atoms with E-state index in [1.54, 1.807) is 6.33 Å². The van der Waals surface area contributed by atoms with Gasteiger partial charge in [0.05, 0.1) is 12.6 Å². The summed E-state index contributed by atoms with van der Waals surface area (Å²) in [4.78, 5) is 13.6. The SMILES string of the molecule is Cc1ccc(CCC2CCN(c3cc(N4CCC[C@@H]4CO)ncn3)CC2)cc1. The lowest BCUT2D eigenvalue weighted by Crippen LogP contribution is -2.35. The van der Waals surface area contributed by atoms with Crippen LogP contribution in [0.15, 0.2) is 36.7 Å². The summed E-state index contributed by atoms with van der Waals surface area (Å²) in [6.07, 6.45) is 8.76. The molecule has 4 rings (SSSR count). The predicted molar refractivity (Wildman–Crippen MR) is 114 cm³/mol. The molecule has 5 nitrogen and oxygen atoms in total. The van der Waals surface area contributed by atoms with E-state index in [0.717, 1.165) is 50.0 Å². The van der Waals surface area contributed by atoms with E-state index in [1.165, 1.54) is 36.8 Å². The van der Waals surface area contributed by atoms with Crippen LogP contribution in [0.3, 0.4) is 0 Å². The van der Waals surface area contributed by atoms with Crippen LogP contribution in [0.4, 0.5) is 11.6 Å². The van der Waals surface area contributed by atoms with Gasteiger partial charge in [-0.1, -0.05) is 29.8 Å². The molecule has 0 radical (unpaired) electrons. The second kappa shape index (κ2) is 8.91. The van der Waals surface area contributed by atoms with Crippen LogP contribution in [0.25, 0.3) is 0 Å². The molecule has 28 heavy (non-hydrogen) atoms. The lowest BCUT2D eigenvalue weighted by Gasteiger charge is -2.33. The Morgan fingerprint density at radius 1 is 1.00 bits per heavy atom. The van der Waals surface area contributed by atoms with E-state index < -0.39 is 0 Å². The van der Waals surface area contributed by atoms with Crippen molar-refractivity contribution < 1.29 is 5.11 Å². The number of nitrogens with zero attached hydrogens (tertiary/aromatic N) is 4. The Labute approximate surface area is 168 Å². The van der Waals surface area contributed by atoms with Crippen molar-refractivity contribution >= 4 is 11.6 Å². The zero-order valence-electron chi connectivity index (χ0n) is 16.9. The molecule has 2 aliphatic heterocycles. The lowest BCUT2D eigenvalue weighted by molar-refractivity contribution is 0.266. The molecule has 0 aliphatic carbocycles. The zero-order chi connectivity index (χ0) is 19.3. The molecule has 2 saturated heterocycles. The van der Waals surface area contributed by atoms with E-state index in [1.807, 2.05) is 0 Å². The van der Waals surface area contributed by atoms with Crippen LogP contribution < -0.4 is 9.80 Å². The number of piperidine rings is 1. The molecule has 1 N–H and O–H groups in total. The van der Waals surface area contributed by atoms with Gasteiger partial charge in [-0.05, 0) is 56.9 Å². The standard InChI is InChI=1S/C23H32N4O/c1-18-4-6-19(7-5-18)8-9-20-10-13-26(14-11-20)22-15-23(25-17-24-22)27-12-2-3-21(27)16-28/h4-7,15,17,20-21,28H,2-3,8-14,16H2,1H3/t21-/m1/s1. The van der Waals surface area contributed by atoms with Crippen molar-refractivity contribution in [3.05, 3.63) is 47.8 Å². The van der Waals surface area contributed by atoms with Gasteiger partial charge in [-0.2, -0.15) is 0 Å². The summed E-state index contributed by atoms with van der Waals surface area (Å²) in [5.41, 5.74) is 2.79. The molecule has 5 heteroatoms. The highest BCUT2D eigenvalue weighted by molar-refractivity contribution is 5.51. The highest BCUT2D eigenvalue weighted by Gasteiger charge is 2.26. The second-order valence-corrected chi connectivity index (χ2v) is 8.36. The van der Waals surface area contributed by atoms with Crippen molar-refractivity contribution in [3.63, 3.8) is 0 Å². The molecule has 0 amide bonds. The molecule has 0 bridgehead atoms. The fourth-order valence-corrected chi connectivity index (χ4v) is 4.57. The Balaban J connectivity index is 1.31. The van der Waals surface area contributed by atoms with Crippen LogP contribution >= 0.6 is 0 Å². The van der Waals surface area contributed by atoms with Gasteiger partial charge >= 0.3 is 0 Å². The monoisotopic (exact) mass is 380 g/mol. The number of benzene rings is 1. The molecule has 150 valence electrons. The minimum atomic E-state index is 0.200. The molecule has 1 atom stereocenters. The summed E-state index contributed by atoms with van der Waals surface area (Å²) in [7, 11) is 0. The van der Waals surface area contributed by atoms with E-state index in [9.17, 15) is 5.11 Å². The van der Waals surface area contributed by atoms with Gasteiger partial charge in [0.1, 0.15) is 18.0 Å². The highest BCUT2D eigenvalue weighted by atomic mass is 16.3. The van der Waals surface area contributed by atoms with Crippen LogP contribution in [0.2, 0.25) is 0 Å². The molecule has 0 spiro atoms. The predicted octanol–water partition coefficient (Wildman–Crippen LogP) is 3.60. The molecule has 1 aromatic heterocycles. The average molecular weight is 381 g/mol. The number of hydrogen-bond donors (Lipinski definition) is 1. The third kappa shape index (κ3) is 4.46. The second-order valence-electron chi connectivity index (χ2n) is 8.36. The van der Waals surface area contributed by atoms with Gasteiger partial charge in [-0.15, -0.1) is 0 Å². The quantitative estimate of drug-likeness (QED) is 0.830. The van der Waals surface area contributed by atoms with E-state index in [0.29, 0.717) is 0 Å². The summed E-state index contributed by atoms with van der Waals surface area (Å²) in [5.74, 6) is 2.80. The molecule has 2 aromatic rings. The van der Waals surface area contributed by atoms with Gasteiger partial charge < -0.3 is 14.9 Å². The Kier molecular flexibility index (Phi) is 6.10. The van der Waals surface area contributed by atoms with Crippen LogP contribution in [-0.4, -0.2) is 47.4 Å². The van der Waals surface area contributed by atoms with Gasteiger partial charge in [0.15, 0.2) is 0 Å². The highest BCUT2D eigenvalue weighted by Crippen LogP contribution is 2.29. The summed E-state index contributed by atoms with van der Waals surface area (Å²) >= 11 is 0. The first-order chi connectivity index (χ1) is 13.7. The average Bonchev–Trinajstić information content (AvgIpc) is 3.23. The van der Waals surface area contributed by atoms with Crippen LogP contribution in [0, 0.1) is 12.8 Å². The Bertz CT molecular complexity index is 755. The fourth-order valence-electron chi connectivity index (χ4n) is 4.57.